The number of piperidine rings is 1. The molecule has 3 aliphatic rings. The minimum absolute atomic E-state index is 0.0609. The molecule has 0 radical (unpaired) electrons. The third kappa shape index (κ3) is 4.48. The molecule has 4 rings (SSSR count). The van der Waals surface area contributed by atoms with E-state index in [0.29, 0.717) is 31.9 Å². The van der Waals surface area contributed by atoms with E-state index in [0.717, 1.165) is 44.6 Å². The van der Waals surface area contributed by atoms with Gasteiger partial charge in [0.2, 0.25) is 21.8 Å². The number of amides is 2. The fraction of sp³-hybridized carbons (Fsp3) is 0.652. The molecule has 2 saturated heterocycles. The molecule has 9 nitrogen and oxygen atoms in total. The highest BCUT2D eigenvalue weighted by Crippen LogP contribution is 2.41. The SMILES string of the molecule is CCN(CC)S(=O)(=O)c1ccc2c(c1)N(CC(=O)N1CCN(C)CC1)C(=O)[C@@H]1CCCCN21. The Morgan fingerprint density at radius 3 is 2.39 bits per heavy atom. The van der Waals surface area contributed by atoms with Gasteiger partial charge in [-0.1, -0.05) is 13.8 Å². The van der Waals surface area contributed by atoms with E-state index in [1.165, 1.54) is 9.21 Å². The molecule has 33 heavy (non-hydrogen) atoms. The molecule has 0 unspecified atom stereocenters. The summed E-state index contributed by atoms with van der Waals surface area (Å²) in [5, 5.41) is 0. The lowest BCUT2D eigenvalue weighted by atomic mass is 9.96. The lowest BCUT2D eigenvalue weighted by Gasteiger charge is -2.45. The van der Waals surface area contributed by atoms with Crippen molar-refractivity contribution in [3.63, 3.8) is 0 Å². The van der Waals surface area contributed by atoms with E-state index < -0.39 is 10.0 Å². The van der Waals surface area contributed by atoms with Gasteiger partial charge in [-0.2, -0.15) is 4.31 Å². The number of carbonyl (C=O) groups is 2. The molecule has 0 aromatic heterocycles. The van der Waals surface area contributed by atoms with E-state index in [-0.39, 0.29) is 29.3 Å². The third-order valence-electron chi connectivity index (χ3n) is 7.09. The third-order valence-corrected chi connectivity index (χ3v) is 9.14. The van der Waals surface area contributed by atoms with Crippen molar-refractivity contribution in [3.8, 4) is 0 Å². The Morgan fingerprint density at radius 2 is 1.73 bits per heavy atom. The van der Waals surface area contributed by atoms with Crippen LogP contribution in [0.4, 0.5) is 11.4 Å². The monoisotopic (exact) mass is 477 g/mol. The highest BCUT2D eigenvalue weighted by atomic mass is 32.2. The number of piperazine rings is 1. The summed E-state index contributed by atoms with van der Waals surface area (Å²) in [6.07, 6.45) is 2.71. The van der Waals surface area contributed by atoms with E-state index in [4.69, 9.17) is 0 Å². The number of sulfonamides is 1. The van der Waals surface area contributed by atoms with Crippen LogP contribution in [0.15, 0.2) is 23.1 Å². The van der Waals surface area contributed by atoms with Crippen LogP contribution in [0.2, 0.25) is 0 Å². The smallest absolute Gasteiger partial charge is 0.250 e. The second-order valence-corrected chi connectivity index (χ2v) is 11.0. The second kappa shape index (κ2) is 9.60. The molecule has 2 fully saturated rings. The predicted molar refractivity (Wildman–Crippen MR) is 128 cm³/mol. The minimum Gasteiger partial charge on any atom is -0.358 e. The van der Waals surface area contributed by atoms with Crippen LogP contribution in [0, 0.1) is 0 Å². The summed E-state index contributed by atoms with van der Waals surface area (Å²) in [5.74, 6) is -0.203. The van der Waals surface area contributed by atoms with Crippen LogP contribution in [0.3, 0.4) is 0 Å². The van der Waals surface area contributed by atoms with Crippen molar-refractivity contribution in [2.75, 3.05) is 69.2 Å². The van der Waals surface area contributed by atoms with Crippen molar-refractivity contribution >= 4 is 33.2 Å². The standard InChI is InChI=1S/C23H35N5O4S/c1-4-26(5-2)33(31,32)18-9-10-19-21(16-18)28(23(30)20-8-6-7-11-27(19)20)17-22(29)25-14-12-24(3)13-15-25/h9-10,16,20H,4-8,11-15,17H2,1-3H3/t20-/m0/s1. The van der Waals surface area contributed by atoms with Crippen LogP contribution in [0.5, 0.6) is 0 Å². The van der Waals surface area contributed by atoms with Gasteiger partial charge in [0, 0.05) is 45.8 Å². The van der Waals surface area contributed by atoms with Gasteiger partial charge < -0.3 is 14.7 Å². The maximum atomic E-state index is 13.5. The van der Waals surface area contributed by atoms with Crippen LogP contribution >= 0.6 is 0 Å². The largest absolute Gasteiger partial charge is 0.358 e. The zero-order valence-corrected chi connectivity index (χ0v) is 20.7. The van der Waals surface area contributed by atoms with E-state index in [9.17, 15) is 18.0 Å². The van der Waals surface area contributed by atoms with Crippen LogP contribution < -0.4 is 9.80 Å². The summed E-state index contributed by atoms with van der Waals surface area (Å²) in [4.78, 5) is 34.4. The molecule has 3 heterocycles. The first-order valence-corrected chi connectivity index (χ1v) is 13.4. The van der Waals surface area contributed by atoms with Gasteiger partial charge in [-0.15, -0.1) is 0 Å². The molecule has 182 valence electrons. The van der Waals surface area contributed by atoms with Crippen molar-refractivity contribution in [2.24, 2.45) is 0 Å². The summed E-state index contributed by atoms with van der Waals surface area (Å²) < 4.78 is 27.8. The average Bonchev–Trinajstić information content (AvgIpc) is 2.82. The molecule has 1 aromatic rings. The van der Waals surface area contributed by atoms with Gasteiger partial charge in [0.15, 0.2) is 0 Å². The lowest BCUT2D eigenvalue weighted by molar-refractivity contribution is -0.133. The number of anilines is 2. The molecular formula is C23H35N5O4S. The van der Waals surface area contributed by atoms with Crippen molar-refractivity contribution in [1.82, 2.24) is 14.1 Å². The maximum Gasteiger partial charge on any atom is 0.250 e. The second-order valence-electron chi connectivity index (χ2n) is 9.05. The molecular weight excluding hydrogens is 442 g/mol. The van der Waals surface area contributed by atoms with Crippen LogP contribution in [0.25, 0.3) is 0 Å². The van der Waals surface area contributed by atoms with Gasteiger partial charge in [0.1, 0.15) is 12.6 Å². The fourth-order valence-corrected chi connectivity index (χ4v) is 6.54. The molecule has 0 N–H and O–H groups in total. The van der Waals surface area contributed by atoms with Crippen LogP contribution in [0.1, 0.15) is 33.1 Å². The van der Waals surface area contributed by atoms with E-state index in [1.807, 2.05) is 27.0 Å². The van der Waals surface area contributed by atoms with Gasteiger partial charge in [-0.05, 0) is 44.5 Å². The Labute approximate surface area is 197 Å². The predicted octanol–water partition coefficient (Wildman–Crippen LogP) is 1.20. The molecule has 0 bridgehead atoms. The number of nitrogens with zero attached hydrogens (tertiary/aromatic N) is 5. The van der Waals surface area contributed by atoms with E-state index >= 15 is 0 Å². The lowest BCUT2D eigenvalue weighted by Crippen LogP contribution is -2.58. The zero-order chi connectivity index (χ0) is 23.8. The molecule has 2 amide bonds. The van der Waals surface area contributed by atoms with Gasteiger partial charge in [0.05, 0.1) is 16.3 Å². The first-order chi connectivity index (χ1) is 15.8. The van der Waals surface area contributed by atoms with Crippen LogP contribution in [-0.2, 0) is 19.6 Å². The number of hydrogen-bond donors (Lipinski definition) is 0. The van der Waals surface area contributed by atoms with Crippen LogP contribution in [-0.4, -0.2) is 99.8 Å². The first kappa shape index (κ1) is 24.0. The fourth-order valence-electron chi connectivity index (χ4n) is 5.06. The average molecular weight is 478 g/mol. The summed E-state index contributed by atoms with van der Waals surface area (Å²) >= 11 is 0. The molecule has 0 spiro atoms. The Hall–Kier alpha value is -2.17. The zero-order valence-electron chi connectivity index (χ0n) is 19.9. The van der Waals surface area contributed by atoms with Gasteiger partial charge in [-0.25, -0.2) is 8.42 Å². The number of hydrogen-bond acceptors (Lipinski definition) is 6. The number of benzene rings is 1. The highest BCUT2D eigenvalue weighted by Gasteiger charge is 2.41. The summed E-state index contributed by atoms with van der Waals surface area (Å²) in [6, 6.07) is 4.73. The summed E-state index contributed by atoms with van der Waals surface area (Å²) in [7, 11) is -1.65. The molecule has 0 saturated carbocycles. The van der Waals surface area contributed by atoms with Crippen molar-refractivity contribution in [2.45, 2.75) is 44.0 Å². The number of likely N-dealkylation sites (N-methyl/N-ethyl adjacent to an activating group) is 1. The Balaban J connectivity index is 1.71. The topological polar surface area (TPSA) is 84.5 Å². The molecule has 0 aliphatic carbocycles. The maximum absolute atomic E-state index is 13.5. The molecule has 1 atom stereocenters. The molecule has 1 aromatic carbocycles. The number of fused-ring (bicyclic) bond motifs is 3. The number of carbonyl (C=O) groups excluding carboxylic acids is 2. The molecule has 10 heteroatoms. The van der Waals surface area contributed by atoms with Gasteiger partial charge in [0.25, 0.3) is 0 Å². The van der Waals surface area contributed by atoms with Gasteiger partial charge in [-0.3, -0.25) is 14.5 Å². The minimum atomic E-state index is -3.68. The number of rotatable bonds is 6. The van der Waals surface area contributed by atoms with E-state index in [2.05, 4.69) is 9.80 Å². The Kier molecular flexibility index (Phi) is 6.97. The molecule has 3 aliphatic heterocycles. The Morgan fingerprint density at radius 1 is 1.03 bits per heavy atom. The first-order valence-electron chi connectivity index (χ1n) is 12.0. The Bertz CT molecular complexity index is 1000. The van der Waals surface area contributed by atoms with Crippen molar-refractivity contribution < 1.29 is 18.0 Å². The van der Waals surface area contributed by atoms with E-state index in [1.54, 1.807) is 17.0 Å². The summed E-state index contributed by atoms with van der Waals surface area (Å²) in [5.41, 5.74) is 1.36. The van der Waals surface area contributed by atoms with Crippen molar-refractivity contribution in [1.29, 1.82) is 0 Å². The van der Waals surface area contributed by atoms with Gasteiger partial charge >= 0.3 is 0 Å². The highest BCUT2D eigenvalue weighted by molar-refractivity contribution is 7.89. The van der Waals surface area contributed by atoms with Crippen molar-refractivity contribution in [3.05, 3.63) is 18.2 Å². The summed E-state index contributed by atoms with van der Waals surface area (Å²) in [6.45, 7) is 7.93. The normalized spacial score (nSPS) is 21.9. The quantitative estimate of drug-likeness (QED) is 0.612.